The highest BCUT2D eigenvalue weighted by atomic mass is 32.2. The molecule has 0 aromatic rings. The van der Waals surface area contributed by atoms with Crippen LogP contribution >= 0.6 is 23.5 Å². The molecule has 0 bridgehead atoms. The smallest absolute Gasteiger partial charge is 0.103 e. The number of hydrogen-bond donors (Lipinski definition) is 2. The third kappa shape index (κ3) is 5.05. The van der Waals surface area contributed by atoms with Crippen molar-refractivity contribution in [2.75, 3.05) is 11.5 Å². The van der Waals surface area contributed by atoms with Crippen molar-refractivity contribution in [3.63, 3.8) is 0 Å². The van der Waals surface area contributed by atoms with Gasteiger partial charge in [-0.25, -0.2) is 0 Å². The Hall–Kier alpha value is -1.76. The summed E-state index contributed by atoms with van der Waals surface area (Å²) >= 11 is 2.48. The van der Waals surface area contributed by atoms with Gasteiger partial charge in [0, 0.05) is 11.5 Å². The molecule has 6 heteroatoms. The van der Waals surface area contributed by atoms with E-state index in [1.165, 1.54) is 23.5 Å². The lowest BCUT2D eigenvalue weighted by molar-refractivity contribution is 1.35. The monoisotopic (exact) mass is 278 g/mol. The van der Waals surface area contributed by atoms with Gasteiger partial charge in [0.1, 0.15) is 23.3 Å². The second kappa shape index (κ2) is 9.29. The van der Waals surface area contributed by atoms with Crippen molar-refractivity contribution >= 4 is 23.5 Å². The lowest BCUT2D eigenvalue weighted by atomic mass is 10.1. The molecule has 0 aromatic heterocycles. The minimum absolute atomic E-state index is 0.110. The van der Waals surface area contributed by atoms with E-state index in [0.29, 0.717) is 11.5 Å². The molecular weight excluding hydrogens is 264 g/mol. The third-order valence-corrected chi connectivity index (χ3v) is 3.51. The predicted octanol–water partition coefficient (Wildman–Crippen LogP) is 2.21. The van der Waals surface area contributed by atoms with E-state index in [1.807, 2.05) is 12.1 Å². The van der Waals surface area contributed by atoms with Crippen LogP contribution in [0.25, 0.3) is 0 Å². The molecule has 0 amide bonds. The van der Waals surface area contributed by atoms with E-state index < -0.39 is 0 Å². The van der Waals surface area contributed by atoms with E-state index >= 15 is 0 Å². The van der Waals surface area contributed by atoms with Gasteiger partial charge in [0.25, 0.3) is 0 Å². The summed E-state index contributed by atoms with van der Waals surface area (Å²) in [6, 6.07) is 3.84. The van der Waals surface area contributed by atoms with Gasteiger partial charge in [0.05, 0.1) is 10.1 Å². The molecule has 0 aliphatic rings. The van der Waals surface area contributed by atoms with Crippen LogP contribution in [0.2, 0.25) is 0 Å². The topological polar surface area (TPSA) is 99.6 Å². The van der Waals surface area contributed by atoms with Gasteiger partial charge < -0.3 is 11.5 Å². The maximum atomic E-state index is 9.07. The van der Waals surface area contributed by atoms with Crippen LogP contribution < -0.4 is 11.5 Å². The molecule has 4 N–H and O–H groups in total. The Balaban J connectivity index is 5.36. The van der Waals surface area contributed by atoms with Crippen LogP contribution in [0.3, 0.4) is 0 Å². The Bertz CT molecular complexity index is 419. The average Bonchev–Trinajstić information content (AvgIpc) is 2.39. The van der Waals surface area contributed by atoms with Gasteiger partial charge >= 0.3 is 0 Å². The number of nitriles is 2. The van der Waals surface area contributed by atoms with Crippen molar-refractivity contribution in [1.82, 2.24) is 0 Å². The van der Waals surface area contributed by atoms with Crippen molar-refractivity contribution in [3.8, 4) is 12.1 Å². The van der Waals surface area contributed by atoms with Gasteiger partial charge in [-0.15, -0.1) is 36.7 Å². The summed E-state index contributed by atoms with van der Waals surface area (Å²) < 4.78 is 0. The van der Waals surface area contributed by atoms with Crippen molar-refractivity contribution in [2.45, 2.75) is 0 Å². The molecule has 94 valence electrons. The summed E-state index contributed by atoms with van der Waals surface area (Å²) in [6.45, 7) is 7.12. The molecule has 0 rings (SSSR count). The van der Waals surface area contributed by atoms with Crippen LogP contribution in [0.15, 0.2) is 46.5 Å². The quantitative estimate of drug-likeness (QED) is 0.421. The number of nitrogens with two attached hydrogens (primary N) is 2. The van der Waals surface area contributed by atoms with Crippen LogP contribution in [0.4, 0.5) is 0 Å². The van der Waals surface area contributed by atoms with Crippen LogP contribution in [-0.4, -0.2) is 11.5 Å². The molecule has 0 heterocycles. The van der Waals surface area contributed by atoms with E-state index in [-0.39, 0.29) is 21.2 Å². The number of rotatable bonds is 7. The summed E-state index contributed by atoms with van der Waals surface area (Å²) in [5.41, 5.74) is 11.7. The van der Waals surface area contributed by atoms with Crippen LogP contribution in [-0.2, 0) is 0 Å². The van der Waals surface area contributed by atoms with Crippen molar-refractivity contribution in [2.24, 2.45) is 11.5 Å². The molecule has 4 nitrogen and oxygen atoms in total. The molecule has 0 aromatic carbocycles. The molecule has 0 saturated carbocycles. The van der Waals surface area contributed by atoms with E-state index in [1.54, 1.807) is 12.2 Å². The number of thioether (sulfide) groups is 2. The highest BCUT2D eigenvalue weighted by Gasteiger charge is 2.13. The normalized spacial score (nSPS) is 12.6. The van der Waals surface area contributed by atoms with Gasteiger partial charge in [-0.2, -0.15) is 10.5 Å². The molecule has 0 unspecified atom stereocenters. The first-order valence-corrected chi connectivity index (χ1v) is 6.86. The Labute approximate surface area is 116 Å². The Morgan fingerprint density at radius 1 is 0.944 bits per heavy atom. The van der Waals surface area contributed by atoms with E-state index in [4.69, 9.17) is 22.0 Å². The Morgan fingerprint density at radius 3 is 1.50 bits per heavy atom. The number of nitrogens with zero attached hydrogens (tertiary/aromatic N) is 2. The van der Waals surface area contributed by atoms with Crippen molar-refractivity contribution < 1.29 is 0 Å². The fourth-order valence-electron chi connectivity index (χ4n) is 0.910. The van der Waals surface area contributed by atoms with Gasteiger partial charge in [-0.1, -0.05) is 12.2 Å². The minimum atomic E-state index is 0.110. The van der Waals surface area contributed by atoms with Gasteiger partial charge in [0.2, 0.25) is 0 Å². The fraction of sp³-hybridized carbons (Fsp3) is 0.167. The number of hydrogen-bond acceptors (Lipinski definition) is 6. The summed E-state index contributed by atoms with van der Waals surface area (Å²) in [5.74, 6) is 1.13. The van der Waals surface area contributed by atoms with Crippen molar-refractivity contribution in [3.05, 3.63) is 46.5 Å². The van der Waals surface area contributed by atoms with Gasteiger partial charge in [0.15, 0.2) is 0 Å². The first-order chi connectivity index (χ1) is 8.62. The lowest BCUT2D eigenvalue weighted by Gasteiger charge is -2.06. The molecular formula is C12H14N4S2. The van der Waals surface area contributed by atoms with E-state index in [0.717, 1.165) is 0 Å². The van der Waals surface area contributed by atoms with Crippen molar-refractivity contribution in [1.29, 1.82) is 10.5 Å². The second-order valence-corrected chi connectivity index (χ2v) is 5.03. The van der Waals surface area contributed by atoms with E-state index in [2.05, 4.69) is 13.2 Å². The third-order valence-electron chi connectivity index (χ3n) is 1.68. The Morgan fingerprint density at radius 2 is 1.28 bits per heavy atom. The first kappa shape index (κ1) is 16.2. The zero-order chi connectivity index (χ0) is 14.0. The molecule has 0 fully saturated rings. The van der Waals surface area contributed by atoms with Gasteiger partial charge in [-0.05, 0) is 0 Å². The standard InChI is InChI=1S/C12H14N4S2/c1-3-5-17-11(15)9(7-13)10(8-14)12(16)18-6-4-2/h3-4H,1-2,5-6,15-16H2. The lowest BCUT2D eigenvalue weighted by Crippen LogP contribution is -2.05. The second-order valence-electron chi connectivity index (χ2n) is 2.90. The SMILES string of the molecule is C=CCSC(N)=C(C#N)C(C#N)=C(N)SCC=C. The van der Waals surface area contributed by atoms with E-state index in [9.17, 15) is 0 Å². The molecule has 0 spiro atoms. The summed E-state index contributed by atoms with van der Waals surface area (Å²) in [5, 5.41) is 18.7. The van der Waals surface area contributed by atoms with Crippen LogP contribution in [0.5, 0.6) is 0 Å². The minimum Gasteiger partial charge on any atom is -0.392 e. The first-order valence-electron chi connectivity index (χ1n) is 4.89. The number of allylic oxidation sites excluding steroid dienone is 2. The predicted molar refractivity (Wildman–Crippen MR) is 79.0 cm³/mol. The zero-order valence-corrected chi connectivity index (χ0v) is 11.5. The molecule has 18 heavy (non-hydrogen) atoms. The molecule has 0 radical (unpaired) electrons. The highest BCUT2D eigenvalue weighted by Crippen LogP contribution is 2.25. The fourth-order valence-corrected chi connectivity index (χ4v) is 2.09. The maximum absolute atomic E-state index is 9.07. The van der Waals surface area contributed by atoms with Crippen LogP contribution in [0, 0.1) is 22.7 Å². The maximum Gasteiger partial charge on any atom is 0.103 e. The molecule has 0 aliphatic heterocycles. The molecule has 0 atom stereocenters. The summed E-state index contributed by atoms with van der Waals surface area (Å²) in [4.78, 5) is 0. The summed E-state index contributed by atoms with van der Waals surface area (Å²) in [7, 11) is 0. The highest BCUT2D eigenvalue weighted by molar-refractivity contribution is 8.03. The average molecular weight is 278 g/mol. The molecule has 0 saturated heterocycles. The van der Waals surface area contributed by atoms with Crippen LogP contribution in [0.1, 0.15) is 0 Å². The zero-order valence-electron chi connectivity index (χ0n) is 9.85. The summed E-state index contributed by atoms with van der Waals surface area (Å²) in [6.07, 6.45) is 3.33. The largest absolute Gasteiger partial charge is 0.392 e. The Kier molecular flexibility index (Phi) is 8.38. The molecule has 0 aliphatic carbocycles. The van der Waals surface area contributed by atoms with Gasteiger partial charge in [-0.3, -0.25) is 0 Å².